The van der Waals surface area contributed by atoms with Crippen molar-refractivity contribution in [2.75, 3.05) is 20.1 Å². The number of hydrazine groups is 1. The van der Waals surface area contributed by atoms with Gasteiger partial charge < -0.3 is 10.0 Å². The second-order valence-corrected chi connectivity index (χ2v) is 7.89. The highest BCUT2D eigenvalue weighted by Crippen LogP contribution is 2.39. The fourth-order valence-corrected chi connectivity index (χ4v) is 4.62. The van der Waals surface area contributed by atoms with Crippen LogP contribution in [0.5, 0.6) is 0 Å². The Bertz CT molecular complexity index is 964. The lowest BCUT2D eigenvalue weighted by Gasteiger charge is -2.54. The van der Waals surface area contributed by atoms with Crippen LogP contribution in [0.1, 0.15) is 29.9 Å². The number of hydrogen-bond donors (Lipinski definition) is 1. The van der Waals surface area contributed by atoms with Gasteiger partial charge in [0.05, 0.1) is 0 Å². The van der Waals surface area contributed by atoms with Crippen LogP contribution in [-0.4, -0.2) is 58.0 Å². The number of likely N-dealkylation sites (N-methyl/N-ethyl adjacent to an activating group) is 1. The summed E-state index contributed by atoms with van der Waals surface area (Å²) in [6.45, 7) is 4.74. The normalized spacial score (nSPS) is 21.1. The second kappa shape index (κ2) is 8.78. The van der Waals surface area contributed by atoms with E-state index in [4.69, 9.17) is 0 Å². The molecule has 31 heavy (non-hydrogen) atoms. The number of hydrogen-bond acceptors (Lipinski definition) is 5. The van der Waals surface area contributed by atoms with Crippen LogP contribution < -0.4 is 0 Å². The van der Waals surface area contributed by atoms with Gasteiger partial charge in [0.1, 0.15) is 6.17 Å². The van der Waals surface area contributed by atoms with Crippen LogP contribution in [0, 0.1) is 0 Å². The van der Waals surface area contributed by atoms with Crippen molar-refractivity contribution in [2.45, 2.75) is 24.9 Å². The zero-order valence-corrected chi connectivity index (χ0v) is 17.6. The summed E-state index contributed by atoms with van der Waals surface area (Å²) in [5.41, 5.74) is 2.21. The lowest BCUT2D eigenvalue weighted by Crippen LogP contribution is -2.67. The highest BCUT2D eigenvalue weighted by molar-refractivity contribution is 6.08. The number of allylic oxidation sites excluding steroid dienone is 1. The number of rotatable bonds is 5. The molecule has 2 aliphatic rings. The summed E-state index contributed by atoms with van der Waals surface area (Å²) in [5, 5.41) is 14.4. The molecule has 0 radical (unpaired) electrons. The van der Waals surface area contributed by atoms with E-state index in [1.165, 1.54) is 0 Å². The molecule has 2 fully saturated rings. The van der Waals surface area contributed by atoms with Gasteiger partial charge in [0.25, 0.3) is 5.91 Å². The minimum atomic E-state index is -0.657. The standard InChI is InChI=1S/C25H27N3O3/c1-3-20(29)23(30)22-25(31)28-17-11-10-16-27(28)24(26(22)2)21(18-12-6-4-7-13-18)19-14-8-5-9-15-19/h3-9,12-15,21,24,30H,1,10-11,16-17H2,2H3/b23-22+. The van der Waals surface area contributed by atoms with E-state index in [2.05, 4.69) is 35.9 Å². The van der Waals surface area contributed by atoms with Crippen molar-refractivity contribution in [3.63, 3.8) is 0 Å². The summed E-state index contributed by atoms with van der Waals surface area (Å²) in [4.78, 5) is 27.3. The first kappa shape index (κ1) is 20.9. The summed E-state index contributed by atoms with van der Waals surface area (Å²) in [7, 11) is 1.77. The van der Waals surface area contributed by atoms with Crippen molar-refractivity contribution in [2.24, 2.45) is 0 Å². The third-order valence-corrected chi connectivity index (χ3v) is 6.07. The van der Waals surface area contributed by atoms with Crippen LogP contribution in [0.3, 0.4) is 0 Å². The molecule has 2 saturated heterocycles. The van der Waals surface area contributed by atoms with Crippen LogP contribution in [-0.2, 0) is 9.59 Å². The van der Waals surface area contributed by atoms with Crippen molar-refractivity contribution in [3.8, 4) is 0 Å². The molecular weight excluding hydrogens is 390 g/mol. The van der Waals surface area contributed by atoms with E-state index in [1.807, 2.05) is 36.4 Å². The van der Waals surface area contributed by atoms with Crippen molar-refractivity contribution in [3.05, 3.63) is 95.9 Å². The maximum Gasteiger partial charge on any atom is 0.288 e. The maximum atomic E-state index is 13.3. The predicted molar refractivity (Wildman–Crippen MR) is 119 cm³/mol. The van der Waals surface area contributed by atoms with Crippen LogP contribution >= 0.6 is 0 Å². The minimum Gasteiger partial charge on any atom is -0.503 e. The van der Waals surface area contributed by atoms with E-state index < -0.39 is 11.5 Å². The van der Waals surface area contributed by atoms with Crippen LogP contribution in [0.15, 0.2) is 84.8 Å². The van der Waals surface area contributed by atoms with Gasteiger partial charge in [-0.05, 0) is 30.0 Å². The number of carbonyl (C=O) groups is 2. The molecule has 2 aromatic carbocycles. The van der Waals surface area contributed by atoms with Crippen LogP contribution in [0.25, 0.3) is 0 Å². The molecule has 2 aliphatic heterocycles. The summed E-state index contributed by atoms with van der Waals surface area (Å²) < 4.78 is 0. The van der Waals surface area contributed by atoms with Crippen LogP contribution in [0.4, 0.5) is 0 Å². The molecule has 2 aromatic rings. The van der Waals surface area contributed by atoms with Gasteiger partial charge in [-0.1, -0.05) is 67.2 Å². The van der Waals surface area contributed by atoms with Gasteiger partial charge in [-0.15, -0.1) is 0 Å². The largest absolute Gasteiger partial charge is 0.503 e. The predicted octanol–water partition coefficient (Wildman–Crippen LogP) is 3.45. The van der Waals surface area contributed by atoms with Gasteiger partial charge in [0.2, 0.25) is 5.78 Å². The smallest absolute Gasteiger partial charge is 0.288 e. The van der Waals surface area contributed by atoms with Crippen molar-refractivity contribution >= 4 is 11.7 Å². The first-order chi connectivity index (χ1) is 15.0. The minimum absolute atomic E-state index is 0.0184. The number of carbonyl (C=O) groups excluding carboxylic acids is 2. The molecule has 1 N–H and O–H groups in total. The first-order valence-corrected chi connectivity index (χ1v) is 10.6. The Labute approximate surface area is 182 Å². The Hall–Kier alpha value is -3.38. The molecule has 0 aliphatic carbocycles. The molecule has 6 heteroatoms. The zero-order valence-electron chi connectivity index (χ0n) is 17.6. The monoisotopic (exact) mass is 417 g/mol. The van der Waals surface area contributed by atoms with E-state index in [0.717, 1.165) is 36.6 Å². The number of aliphatic hydroxyl groups is 1. The molecule has 160 valence electrons. The Balaban J connectivity index is 1.90. The van der Waals surface area contributed by atoms with Crippen molar-refractivity contribution in [1.29, 1.82) is 0 Å². The molecule has 0 saturated carbocycles. The highest BCUT2D eigenvalue weighted by atomic mass is 16.3. The topological polar surface area (TPSA) is 64.1 Å². The number of benzene rings is 2. The third kappa shape index (κ3) is 3.75. The molecular formula is C25H27N3O3. The number of nitrogens with zero attached hydrogens (tertiary/aromatic N) is 3. The third-order valence-electron chi connectivity index (χ3n) is 6.07. The van der Waals surface area contributed by atoms with Gasteiger partial charge in [0.15, 0.2) is 11.5 Å². The fraction of sp³-hybridized carbons (Fsp3) is 0.280. The molecule has 0 aromatic heterocycles. The Morgan fingerprint density at radius 3 is 2.13 bits per heavy atom. The fourth-order valence-electron chi connectivity index (χ4n) is 4.62. The molecule has 1 atom stereocenters. The molecule has 6 nitrogen and oxygen atoms in total. The Morgan fingerprint density at radius 2 is 1.58 bits per heavy atom. The number of amides is 1. The van der Waals surface area contributed by atoms with E-state index in [1.54, 1.807) is 17.0 Å². The van der Waals surface area contributed by atoms with E-state index in [-0.39, 0.29) is 23.7 Å². The quantitative estimate of drug-likeness (QED) is 0.596. The molecule has 1 amide bonds. The number of aliphatic hydroxyl groups excluding tert-OH is 1. The van der Waals surface area contributed by atoms with E-state index >= 15 is 0 Å². The SMILES string of the molecule is C=CC(=O)/C(O)=C1/C(=O)N2CCCCN2C(C(c2ccccc2)c2ccccc2)N1C. The molecule has 2 heterocycles. The molecule has 0 spiro atoms. The Morgan fingerprint density at radius 1 is 1.03 bits per heavy atom. The highest BCUT2D eigenvalue weighted by Gasteiger charge is 2.47. The Kier molecular flexibility index (Phi) is 5.91. The lowest BCUT2D eigenvalue weighted by atomic mass is 9.86. The molecule has 1 unspecified atom stereocenters. The average Bonchev–Trinajstić information content (AvgIpc) is 2.82. The van der Waals surface area contributed by atoms with Gasteiger partial charge in [-0.25, -0.2) is 0 Å². The summed E-state index contributed by atoms with van der Waals surface area (Å²) in [5.74, 6) is -1.68. The number of fused-ring (bicyclic) bond motifs is 1. The zero-order chi connectivity index (χ0) is 22.0. The average molecular weight is 418 g/mol. The summed E-state index contributed by atoms with van der Waals surface area (Å²) >= 11 is 0. The van der Waals surface area contributed by atoms with Crippen molar-refractivity contribution < 1.29 is 14.7 Å². The van der Waals surface area contributed by atoms with E-state index in [0.29, 0.717) is 6.54 Å². The van der Waals surface area contributed by atoms with E-state index in [9.17, 15) is 14.7 Å². The van der Waals surface area contributed by atoms with Gasteiger partial charge >= 0.3 is 0 Å². The second-order valence-electron chi connectivity index (χ2n) is 7.89. The van der Waals surface area contributed by atoms with Gasteiger partial charge in [-0.3, -0.25) is 14.6 Å². The number of ketones is 1. The summed E-state index contributed by atoms with van der Waals surface area (Å²) in [6, 6.07) is 20.3. The molecule has 4 rings (SSSR count). The van der Waals surface area contributed by atoms with Gasteiger partial charge in [-0.2, -0.15) is 5.01 Å². The van der Waals surface area contributed by atoms with Gasteiger partial charge in [0, 0.05) is 26.1 Å². The molecule has 0 bridgehead atoms. The first-order valence-electron chi connectivity index (χ1n) is 10.6. The van der Waals surface area contributed by atoms with Crippen molar-refractivity contribution in [1.82, 2.24) is 14.9 Å². The summed E-state index contributed by atoms with van der Waals surface area (Å²) in [6.07, 6.45) is 2.59. The van der Waals surface area contributed by atoms with Crippen LogP contribution in [0.2, 0.25) is 0 Å². The lowest BCUT2D eigenvalue weighted by molar-refractivity contribution is -0.181. The maximum absolute atomic E-state index is 13.3.